The highest BCUT2D eigenvalue weighted by Gasteiger charge is 2.23. The number of aromatic nitrogens is 4. The van der Waals surface area contributed by atoms with Gasteiger partial charge in [0.15, 0.2) is 16.1 Å². The first-order chi connectivity index (χ1) is 21.7. The van der Waals surface area contributed by atoms with E-state index >= 15 is 0 Å². The summed E-state index contributed by atoms with van der Waals surface area (Å²) < 4.78 is 35.2. The number of benzene rings is 3. The van der Waals surface area contributed by atoms with E-state index in [9.17, 15) is 18.0 Å². The largest absolute Gasteiger partial charge is 0.495 e. The van der Waals surface area contributed by atoms with E-state index in [0.29, 0.717) is 40.6 Å². The maximum Gasteiger partial charge on any atom is 0.251 e. The van der Waals surface area contributed by atoms with Crippen molar-refractivity contribution in [2.24, 2.45) is 0 Å². The molecule has 2 amide bonds. The lowest BCUT2D eigenvalue weighted by molar-refractivity contribution is -0.113. The second kappa shape index (κ2) is 14.2. The summed E-state index contributed by atoms with van der Waals surface area (Å²) in [5, 5.41) is 15.2. The van der Waals surface area contributed by atoms with E-state index in [4.69, 9.17) is 4.74 Å². The summed E-state index contributed by atoms with van der Waals surface area (Å²) >= 11 is 2.58. The van der Waals surface area contributed by atoms with Crippen molar-refractivity contribution in [3.63, 3.8) is 0 Å². The zero-order valence-corrected chi connectivity index (χ0v) is 27.2. The number of hydrogen-bond acceptors (Lipinski definition) is 10. The number of para-hydroxylation sites is 3. The molecule has 3 aromatic carbocycles. The summed E-state index contributed by atoms with van der Waals surface area (Å²) in [5.41, 5.74) is 1.74. The number of amides is 2. The average molecular weight is 666 g/mol. The Hall–Kier alpha value is -4.31. The highest BCUT2D eigenvalue weighted by Crippen LogP contribution is 2.30. The number of ether oxygens (including phenoxy) is 1. The molecule has 5 rings (SSSR count). The van der Waals surface area contributed by atoms with Crippen molar-refractivity contribution in [3.8, 4) is 11.4 Å². The van der Waals surface area contributed by atoms with E-state index in [1.165, 1.54) is 51.7 Å². The Kier molecular flexibility index (Phi) is 10.1. The average Bonchev–Trinajstić information content (AvgIpc) is 3.66. The number of carbonyl (C=O) groups is 2. The van der Waals surface area contributed by atoms with E-state index in [2.05, 4.69) is 25.8 Å². The van der Waals surface area contributed by atoms with Gasteiger partial charge in [-0.2, -0.15) is 4.31 Å². The topological polar surface area (TPSA) is 148 Å². The molecule has 12 nitrogen and oxygen atoms in total. The second-order valence-electron chi connectivity index (χ2n) is 9.53. The smallest absolute Gasteiger partial charge is 0.251 e. The van der Waals surface area contributed by atoms with Gasteiger partial charge in [-0.3, -0.25) is 14.2 Å². The fraction of sp³-hybridized carbons (Fsp3) is 0.233. The minimum atomic E-state index is -3.64. The third-order valence-corrected chi connectivity index (χ3v) is 10.7. The molecule has 0 spiro atoms. The van der Waals surface area contributed by atoms with Crippen LogP contribution in [0.15, 0.2) is 82.8 Å². The summed E-state index contributed by atoms with van der Waals surface area (Å²) in [6.45, 7) is 4.25. The Labute approximate surface area is 268 Å². The van der Waals surface area contributed by atoms with Crippen LogP contribution in [0.1, 0.15) is 30.0 Å². The van der Waals surface area contributed by atoms with Crippen molar-refractivity contribution in [2.45, 2.75) is 30.4 Å². The maximum atomic E-state index is 13.0. The first-order valence-corrected chi connectivity index (χ1v) is 17.2. The predicted molar refractivity (Wildman–Crippen MR) is 175 cm³/mol. The van der Waals surface area contributed by atoms with Gasteiger partial charge in [-0.25, -0.2) is 13.4 Å². The van der Waals surface area contributed by atoms with E-state index in [-0.39, 0.29) is 28.7 Å². The zero-order valence-electron chi connectivity index (χ0n) is 24.8. The number of rotatable bonds is 13. The number of hydrogen-bond donors (Lipinski definition) is 2. The van der Waals surface area contributed by atoms with Crippen LogP contribution in [0.25, 0.3) is 15.9 Å². The van der Waals surface area contributed by atoms with Gasteiger partial charge in [-0.15, -0.1) is 10.2 Å². The number of thioether (sulfide) groups is 1. The fourth-order valence-electron chi connectivity index (χ4n) is 4.53. The number of thiazole rings is 1. The van der Waals surface area contributed by atoms with Crippen LogP contribution in [0.3, 0.4) is 0 Å². The molecule has 0 saturated heterocycles. The molecular formula is C30H31N7O5S3. The van der Waals surface area contributed by atoms with E-state index < -0.39 is 15.9 Å². The number of sulfonamides is 1. The standard InChI is InChI=1S/C30H31N7O5S3/c1-4-36(5-2)45(40,41)21-16-14-20(15-17-21)28(39)31-18-26-34-35-30(37(26)23-11-7-8-12-24(23)42-3)43-19-27(38)33-29-32-22-10-6-9-13-25(22)44-29/h6-17H,4-5,18-19H2,1-3H3,(H,31,39)(H,32,33,38). The van der Waals surface area contributed by atoms with Crippen molar-refractivity contribution in [1.82, 2.24) is 29.4 Å². The molecule has 234 valence electrons. The molecule has 2 N–H and O–H groups in total. The predicted octanol–water partition coefficient (Wildman–Crippen LogP) is 4.58. The van der Waals surface area contributed by atoms with Crippen LogP contribution in [0.4, 0.5) is 5.13 Å². The van der Waals surface area contributed by atoms with E-state index in [1.807, 2.05) is 42.5 Å². The van der Waals surface area contributed by atoms with Gasteiger partial charge in [0.25, 0.3) is 5.91 Å². The lowest BCUT2D eigenvalue weighted by Gasteiger charge is -2.18. The SMILES string of the molecule is CCN(CC)S(=O)(=O)c1ccc(C(=O)NCc2nnc(SCC(=O)Nc3nc4ccccc4s3)n2-c2ccccc2OC)cc1. The molecule has 0 fully saturated rings. The molecule has 2 heterocycles. The highest BCUT2D eigenvalue weighted by molar-refractivity contribution is 7.99. The molecule has 0 aliphatic carbocycles. The molecule has 5 aromatic rings. The summed E-state index contributed by atoms with van der Waals surface area (Å²) in [5.74, 6) is 0.326. The molecule has 0 radical (unpaired) electrons. The van der Waals surface area contributed by atoms with Gasteiger partial charge >= 0.3 is 0 Å². The molecular weight excluding hydrogens is 635 g/mol. The molecule has 0 unspecified atom stereocenters. The number of fused-ring (bicyclic) bond motifs is 1. The van der Waals surface area contributed by atoms with Crippen LogP contribution in [0, 0.1) is 0 Å². The monoisotopic (exact) mass is 665 g/mol. The van der Waals surface area contributed by atoms with Gasteiger partial charge in [0.05, 0.1) is 40.2 Å². The number of methoxy groups -OCH3 is 1. The number of carbonyl (C=O) groups excluding carboxylic acids is 2. The molecule has 15 heteroatoms. The van der Waals surface area contributed by atoms with Gasteiger partial charge in [0, 0.05) is 18.7 Å². The minimum absolute atomic E-state index is 0.00183. The van der Waals surface area contributed by atoms with Crippen LogP contribution >= 0.6 is 23.1 Å². The molecule has 0 aliphatic heterocycles. The quantitative estimate of drug-likeness (QED) is 0.173. The van der Waals surface area contributed by atoms with Crippen molar-refractivity contribution in [3.05, 3.63) is 84.2 Å². The normalized spacial score (nSPS) is 11.6. The van der Waals surface area contributed by atoms with Crippen LogP contribution in [0.2, 0.25) is 0 Å². The van der Waals surface area contributed by atoms with Crippen LogP contribution in [-0.2, 0) is 21.4 Å². The number of nitrogens with zero attached hydrogens (tertiary/aromatic N) is 5. The van der Waals surface area contributed by atoms with Crippen LogP contribution in [0.5, 0.6) is 5.75 Å². The van der Waals surface area contributed by atoms with Crippen molar-refractivity contribution >= 4 is 60.3 Å². The summed E-state index contributed by atoms with van der Waals surface area (Å²) in [6, 6.07) is 20.7. The van der Waals surface area contributed by atoms with Gasteiger partial charge in [-0.1, -0.05) is 61.2 Å². The molecule has 0 aliphatic rings. The molecule has 2 aromatic heterocycles. The van der Waals surface area contributed by atoms with Crippen molar-refractivity contribution in [2.75, 3.05) is 31.3 Å². The van der Waals surface area contributed by atoms with Gasteiger partial charge in [0.2, 0.25) is 15.9 Å². The molecule has 0 atom stereocenters. The van der Waals surface area contributed by atoms with Gasteiger partial charge in [0.1, 0.15) is 5.75 Å². The Morgan fingerprint density at radius 2 is 1.69 bits per heavy atom. The Morgan fingerprint density at radius 3 is 2.40 bits per heavy atom. The summed E-state index contributed by atoms with van der Waals surface area (Å²) in [6.07, 6.45) is 0. The zero-order chi connectivity index (χ0) is 32.0. The van der Waals surface area contributed by atoms with Crippen LogP contribution < -0.4 is 15.4 Å². The first-order valence-electron chi connectivity index (χ1n) is 14.0. The fourth-order valence-corrected chi connectivity index (χ4v) is 7.63. The summed E-state index contributed by atoms with van der Waals surface area (Å²) in [7, 11) is -2.09. The Morgan fingerprint density at radius 1 is 0.978 bits per heavy atom. The maximum absolute atomic E-state index is 13.0. The van der Waals surface area contributed by atoms with Crippen molar-refractivity contribution in [1.29, 1.82) is 0 Å². The summed E-state index contributed by atoms with van der Waals surface area (Å²) in [4.78, 5) is 30.4. The van der Waals surface area contributed by atoms with E-state index in [0.717, 1.165) is 10.2 Å². The second-order valence-corrected chi connectivity index (χ2v) is 13.4. The van der Waals surface area contributed by atoms with Gasteiger partial charge in [-0.05, 0) is 48.5 Å². The lowest BCUT2D eigenvalue weighted by atomic mass is 10.2. The van der Waals surface area contributed by atoms with Crippen molar-refractivity contribution < 1.29 is 22.7 Å². The van der Waals surface area contributed by atoms with Crippen LogP contribution in [-0.4, -0.2) is 70.2 Å². The van der Waals surface area contributed by atoms with E-state index in [1.54, 1.807) is 31.6 Å². The lowest BCUT2D eigenvalue weighted by Crippen LogP contribution is -2.30. The molecule has 45 heavy (non-hydrogen) atoms. The Balaban J connectivity index is 1.31. The third-order valence-electron chi connectivity index (χ3n) is 6.77. The Bertz CT molecular complexity index is 1890. The third kappa shape index (κ3) is 7.17. The highest BCUT2D eigenvalue weighted by atomic mass is 32.2. The molecule has 0 saturated carbocycles. The number of nitrogens with one attached hydrogen (secondary N) is 2. The molecule has 0 bridgehead atoms. The number of anilines is 1. The van der Waals surface area contributed by atoms with Gasteiger partial charge < -0.3 is 15.4 Å². The first kappa shape index (κ1) is 32.1. The minimum Gasteiger partial charge on any atom is -0.495 e.